The second kappa shape index (κ2) is 6.33. The molecule has 0 bridgehead atoms. The van der Waals surface area contributed by atoms with Gasteiger partial charge in [0.05, 0.1) is 36.7 Å². The van der Waals surface area contributed by atoms with Crippen molar-refractivity contribution in [2.75, 3.05) is 11.4 Å². The summed E-state index contributed by atoms with van der Waals surface area (Å²) in [7, 11) is 0. The molecular formula is C17H27N5O3. The highest BCUT2D eigenvalue weighted by Crippen LogP contribution is 2.33. The van der Waals surface area contributed by atoms with E-state index in [4.69, 9.17) is 10.5 Å². The highest BCUT2D eigenvalue weighted by atomic mass is 16.6. The number of rotatable bonds is 2. The van der Waals surface area contributed by atoms with Crippen LogP contribution in [0.3, 0.4) is 0 Å². The minimum atomic E-state index is -0.549. The summed E-state index contributed by atoms with van der Waals surface area (Å²) in [6.07, 6.45) is 2.62. The molecule has 0 saturated carbocycles. The Balaban J connectivity index is 1.87. The molecule has 3 heterocycles. The summed E-state index contributed by atoms with van der Waals surface area (Å²) >= 11 is 0. The zero-order valence-corrected chi connectivity index (χ0v) is 15.4. The van der Waals surface area contributed by atoms with E-state index < -0.39 is 5.60 Å². The van der Waals surface area contributed by atoms with Crippen LogP contribution in [0.25, 0.3) is 0 Å². The first-order valence-corrected chi connectivity index (χ1v) is 8.77. The van der Waals surface area contributed by atoms with Gasteiger partial charge in [-0.2, -0.15) is 5.10 Å². The first-order chi connectivity index (χ1) is 11.7. The number of fused-ring (bicyclic) bond motifs is 1. The number of hydrogen-bond acceptors (Lipinski definition) is 5. The van der Waals surface area contributed by atoms with E-state index in [0.717, 1.165) is 17.8 Å². The number of carbonyl (C=O) groups is 2. The Bertz CT molecular complexity index is 678. The zero-order chi connectivity index (χ0) is 18.4. The van der Waals surface area contributed by atoms with Crippen LogP contribution in [0.2, 0.25) is 0 Å². The van der Waals surface area contributed by atoms with Crippen LogP contribution in [-0.2, 0) is 22.6 Å². The van der Waals surface area contributed by atoms with E-state index >= 15 is 0 Å². The van der Waals surface area contributed by atoms with Crippen molar-refractivity contribution in [1.29, 1.82) is 0 Å². The molecule has 0 aliphatic carbocycles. The summed E-state index contributed by atoms with van der Waals surface area (Å²) < 4.78 is 7.40. The topological polar surface area (TPSA) is 93.7 Å². The number of hydrogen-bond donors (Lipinski definition) is 1. The van der Waals surface area contributed by atoms with Crippen LogP contribution in [0.1, 0.15) is 46.2 Å². The Morgan fingerprint density at radius 3 is 2.80 bits per heavy atom. The molecule has 1 fully saturated rings. The summed E-state index contributed by atoms with van der Waals surface area (Å²) in [5, 5.41) is 4.43. The SMILES string of the molecule is C[C@H]1Cn2ncc(N3C(=O)CCC3CN)c2CN1C(=O)OC(C)(C)C. The van der Waals surface area contributed by atoms with E-state index in [0.29, 0.717) is 26.1 Å². The summed E-state index contributed by atoms with van der Waals surface area (Å²) in [6.45, 7) is 8.88. The van der Waals surface area contributed by atoms with Crippen LogP contribution in [0.4, 0.5) is 10.5 Å². The van der Waals surface area contributed by atoms with Gasteiger partial charge in [0.2, 0.25) is 5.91 Å². The molecule has 1 aromatic rings. The molecule has 0 radical (unpaired) electrons. The molecule has 2 atom stereocenters. The third-order valence-corrected chi connectivity index (χ3v) is 4.70. The van der Waals surface area contributed by atoms with Gasteiger partial charge in [-0.1, -0.05) is 0 Å². The predicted molar refractivity (Wildman–Crippen MR) is 93.0 cm³/mol. The van der Waals surface area contributed by atoms with Crippen LogP contribution in [-0.4, -0.2) is 50.9 Å². The number of nitrogens with zero attached hydrogens (tertiary/aromatic N) is 4. The van der Waals surface area contributed by atoms with Crippen molar-refractivity contribution in [1.82, 2.24) is 14.7 Å². The molecule has 1 aromatic heterocycles. The molecule has 8 heteroatoms. The lowest BCUT2D eigenvalue weighted by atomic mass is 10.1. The van der Waals surface area contributed by atoms with E-state index in [-0.39, 0.29) is 24.1 Å². The average molecular weight is 349 g/mol. The first kappa shape index (κ1) is 17.7. The van der Waals surface area contributed by atoms with Crippen LogP contribution in [0.15, 0.2) is 6.20 Å². The van der Waals surface area contributed by atoms with Gasteiger partial charge in [0.15, 0.2) is 0 Å². The highest BCUT2D eigenvalue weighted by molar-refractivity contribution is 5.96. The molecule has 138 valence electrons. The maximum absolute atomic E-state index is 12.5. The molecule has 0 aromatic carbocycles. The van der Waals surface area contributed by atoms with E-state index in [1.807, 2.05) is 32.4 Å². The normalized spacial score (nSPS) is 23.8. The van der Waals surface area contributed by atoms with Crippen LogP contribution in [0, 0.1) is 0 Å². The van der Waals surface area contributed by atoms with E-state index in [9.17, 15) is 9.59 Å². The Morgan fingerprint density at radius 1 is 1.44 bits per heavy atom. The molecule has 25 heavy (non-hydrogen) atoms. The van der Waals surface area contributed by atoms with Gasteiger partial charge in [0.1, 0.15) is 5.60 Å². The lowest BCUT2D eigenvalue weighted by Gasteiger charge is -2.36. The molecule has 8 nitrogen and oxygen atoms in total. The molecule has 2 aliphatic rings. The fourth-order valence-corrected chi connectivity index (χ4v) is 3.45. The molecule has 1 unspecified atom stereocenters. The summed E-state index contributed by atoms with van der Waals surface area (Å²) in [5.74, 6) is 0.0636. The second-order valence-corrected chi connectivity index (χ2v) is 7.81. The lowest BCUT2D eigenvalue weighted by Crippen LogP contribution is -2.47. The number of carbonyl (C=O) groups excluding carboxylic acids is 2. The average Bonchev–Trinajstić information content (AvgIpc) is 3.06. The van der Waals surface area contributed by atoms with Crippen LogP contribution >= 0.6 is 0 Å². The van der Waals surface area contributed by atoms with Crippen molar-refractivity contribution in [3.05, 3.63) is 11.9 Å². The number of anilines is 1. The predicted octanol–water partition coefficient (Wildman–Crippen LogP) is 1.48. The van der Waals surface area contributed by atoms with Gasteiger partial charge in [-0.15, -0.1) is 0 Å². The van der Waals surface area contributed by atoms with E-state index in [1.165, 1.54) is 0 Å². The fraction of sp³-hybridized carbons (Fsp3) is 0.706. The largest absolute Gasteiger partial charge is 0.444 e. The lowest BCUT2D eigenvalue weighted by molar-refractivity contribution is -0.117. The fourth-order valence-electron chi connectivity index (χ4n) is 3.45. The Labute approximate surface area is 147 Å². The van der Waals surface area contributed by atoms with Crippen molar-refractivity contribution in [3.63, 3.8) is 0 Å². The van der Waals surface area contributed by atoms with Gasteiger partial charge in [0.25, 0.3) is 0 Å². The van der Waals surface area contributed by atoms with Gasteiger partial charge in [0, 0.05) is 19.0 Å². The maximum atomic E-state index is 12.5. The summed E-state index contributed by atoms with van der Waals surface area (Å²) in [4.78, 5) is 28.3. The van der Waals surface area contributed by atoms with Crippen LogP contribution in [0.5, 0.6) is 0 Å². The van der Waals surface area contributed by atoms with Gasteiger partial charge in [-0.3, -0.25) is 14.4 Å². The van der Waals surface area contributed by atoms with Crippen LogP contribution < -0.4 is 10.6 Å². The minimum Gasteiger partial charge on any atom is -0.444 e. The number of ether oxygens (including phenoxy) is 1. The van der Waals surface area contributed by atoms with Gasteiger partial charge in [-0.05, 0) is 34.1 Å². The molecule has 2 aliphatic heterocycles. The first-order valence-electron chi connectivity index (χ1n) is 8.77. The van der Waals surface area contributed by atoms with Crippen molar-refractivity contribution >= 4 is 17.7 Å². The molecule has 2 amide bonds. The Kier molecular flexibility index (Phi) is 4.49. The molecule has 1 saturated heterocycles. The highest BCUT2D eigenvalue weighted by Gasteiger charge is 2.38. The number of nitrogens with two attached hydrogens (primary N) is 1. The van der Waals surface area contributed by atoms with Crippen molar-refractivity contribution in [2.45, 2.75) is 71.3 Å². The molecule has 0 spiro atoms. The smallest absolute Gasteiger partial charge is 0.410 e. The van der Waals surface area contributed by atoms with Gasteiger partial charge in [-0.25, -0.2) is 4.79 Å². The summed E-state index contributed by atoms with van der Waals surface area (Å²) in [5.41, 5.74) is 6.90. The number of aromatic nitrogens is 2. The third kappa shape index (κ3) is 3.35. The second-order valence-electron chi connectivity index (χ2n) is 7.81. The zero-order valence-electron chi connectivity index (χ0n) is 15.4. The summed E-state index contributed by atoms with van der Waals surface area (Å²) in [6, 6.07) is -0.0367. The minimum absolute atomic E-state index is 0.00396. The monoisotopic (exact) mass is 349 g/mol. The van der Waals surface area contributed by atoms with Gasteiger partial charge < -0.3 is 15.4 Å². The van der Waals surface area contributed by atoms with Gasteiger partial charge >= 0.3 is 6.09 Å². The standard InChI is InChI=1S/C17H27N5O3/c1-11-9-21-14(10-20(11)16(24)25-17(2,3)4)13(8-19-21)22-12(7-18)5-6-15(22)23/h8,11-12H,5-7,9-10,18H2,1-4H3/t11-,12?/m0/s1. The van der Waals surface area contributed by atoms with Crippen molar-refractivity contribution < 1.29 is 14.3 Å². The molecule has 2 N–H and O–H groups in total. The maximum Gasteiger partial charge on any atom is 0.410 e. The number of amides is 2. The van der Waals surface area contributed by atoms with Crippen molar-refractivity contribution in [2.24, 2.45) is 5.73 Å². The quantitative estimate of drug-likeness (QED) is 0.873. The molecule has 3 rings (SSSR count). The van der Waals surface area contributed by atoms with E-state index in [1.54, 1.807) is 16.0 Å². The van der Waals surface area contributed by atoms with Crippen molar-refractivity contribution in [3.8, 4) is 0 Å². The Morgan fingerprint density at radius 2 is 2.16 bits per heavy atom. The Hall–Kier alpha value is -2.09. The third-order valence-electron chi connectivity index (χ3n) is 4.70. The van der Waals surface area contributed by atoms with E-state index in [2.05, 4.69) is 5.10 Å². The molecular weight excluding hydrogens is 322 g/mol.